The number of hydrogen-bond donors (Lipinski definition) is 2. The van der Waals surface area contributed by atoms with E-state index in [1.54, 1.807) is 0 Å². The lowest BCUT2D eigenvalue weighted by molar-refractivity contribution is -0.147. The van der Waals surface area contributed by atoms with Crippen molar-refractivity contribution in [3.8, 4) is 11.5 Å². The van der Waals surface area contributed by atoms with Crippen LogP contribution in [0.15, 0.2) is 12.1 Å². The number of halogens is 2. The highest BCUT2D eigenvalue weighted by atomic mass is 19.3. The SMILES string of the molecule is COc1cc(C(F)F)cc(C(O)C(=O)O)c1OC. The first-order valence-corrected chi connectivity index (χ1v) is 4.87. The molecule has 0 amide bonds. The maximum Gasteiger partial charge on any atom is 0.337 e. The van der Waals surface area contributed by atoms with Gasteiger partial charge in [0.1, 0.15) is 0 Å². The van der Waals surface area contributed by atoms with Crippen molar-refractivity contribution in [2.45, 2.75) is 12.5 Å². The lowest BCUT2D eigenvalue weighted by atomic mass is 10.0. The Balaban J connectivity index is 3.44. The van der Waals surface area contributed by atoms with Gasteiger partial charge in [-0.1, -0.05) is 0 Å². The molecule has 1 rings (SSSR count). The molecule has 0 radical (unpaired) electrons. The predicted octanol–water partition coefficient (Wildman–Crippen LogP) is 1.76. The van der Waals surface area contributed by atoms with Crippen molar-refractivity contribution in [3.63, 3.8) is 0 Å². The monoisotopic (exact) mass is 262 g/mol. The van der Waals surface area contributed by atoms with Crippen LogP contribution in [-0.2, 0) is 4.79 Å². The van der Waals surface area contributed by atoms with Gasteiger partial charge in [-0.25, -0.2) is 13.6 Å². The molecule has 18 heavy (non-hydrogen) atoms. The number of aliphatic hydroxyl groups is 1. The van der Waals surface area contributed by atoms with Crippen LogP contribution in [0.25, 0.3) is 0 Å². The minimum absolute atomic E-state index is 0.0643. The van der Waals surface area contributed by atoms with Crippen molar-refractivity contribution in [2.24, 2.45) is 0 Å². The number of carboxylic acid groups (broad SMARTS) is 1. The van der Waals surface area contributed by atoms with E-state index >= 15 is 0 Å². The van der Waals surface area contributed by atoms with Gasteiger partial charge in [-0.2, -0.15) is 0 Å². The highest BCUT2D eigenvalue weighted by Gasteiger charge is 2.25. The molecule has 0 heterocycles. The maximum absolute atomic E-state index is 12.6. The number of alkyl halides is 2. The highest BCUT2D eigenvalue weighted by Crippen LogP contribution is 2.38. The summed E-state index contributed by atoms with van der Waals surface area (Å²) in [6, 6.07) is 1.91. The molecule has 0 aliphatic rings. The van der Waals surface area contributed by atoms with E-state index in [1.807, 2.05) is 0 Å². The molecular formula is C11H12F2O5. The van der Waals surface area contributed by atoms with Gasteiger partial charge in [-0.15, -0.1) is 0 Å². The molecule has 1 atom stereocenters. The van der Waals surface area contributed by atoms with Gasteiger partial charge in [0, 0.05) is 11.1 Å². The van der Waals surface area contributed by atoms with E-state index in [1.165, 1.54) is 14.2 Å². The Bertz CT molecular complexity index is 447. The Morgan fingerprint density at radius 1 is 1.28 bits per heavy atom. The van der Waals surface area contributed by atoms with Crippen LogP contribution in [0.4, 0.5) is 8.78 Å². The molecule has 0 fully saturated rings. The molecule has 0 aromatic heterocycles. The van der Waals surface area contributed by atoms with E-state index in [9.17, 15) is 18.7 Å². The summed E-state index contributed by atoms with van der Waals surface area (Å²) in [4.78, 5) is 10.7. The van der Waals surface area contributed by atoms with E-state index < -0.39 is 24.1 Å². The summed E-state index contributed by atoms with van der Waals surface area (Å²) >= 11 is 0. The van der Waals surface area contributed by atoms with Crippen molar-refractivity contribution in [2.75, 3.05) is 14.2 Å². The maximum atomic E-state index is 12.6. The minimum Gasteiger partial charge on any atom is -0.493 e. The first kappa shape index (κ1) is 14.2. The Hall–Kier alpha value is -1.89. The molecular weight excluding hydrogens is 250 g/mol. The molecule has 100 valence electrons. The van der Waals surface area contributed by atoms with Crippen LogP contribution in [0.3, 0.4) is 0 Å². The van der Waals surface area contributed by atoms with Crippen LogP contribution in [0, 0.1) is 0 Å². The molecule has 0 bridgehead atoms. The van der Waals surface area contributed by atoms with E-state index in [0.29, 0.717) is 0 Å². The summed E-state index contributed by atoms with van der Waals surface area (Å²) in [5.41, 5.74) is -0.734. The number of benzene rings is 1. The van der Waals surface area contributed by atoms with Crippen molar-refractivity contribution in [1.29, 1.82) is 0 Å². The number of rotatable bonds is 5. The van der Waals surface area contributed by atoms with Crippen molar-refractivity contribution < 1.29 is 33.3 Å². The quantitative estimate of drug-likeness (QED) is 0.845. The number of aliphatic carboxylic acids is 1. The van der Waals surface area contributed by atoms with Crippen molar-refractivity contribution in [3.05, 3.63) is 23.3 Å². The van der Waals surface area contributed by atoms with Gasteiger partial charge in [-0.3, -0.25) is 0 Å². The van der Waals surface area contributed by atoms with Gasteiger partial charge in [0.2, 0.25) is 0 Å². The smallest absolute Gasteiger partial charge is 0.337 e. The molecule has 0 spiro atoms. The van der Waals surface area contributed by atoms with Crippen molar-refractivity contribution in [1.82, 2.24) is 0 Å². The van der Waals surface area contributed by atoms with Gasteiger partial charge >= 0.3 is 5.97 Å². The summed E-state index contributed by atoms with van der Waals surface area (Å²) in [7, 11) is 2.45. The number of methoxy groups -OCH3 is 2. The zero-order valence-electron chi connectivity index (χ0n) is 9.68. The number of hydrogen-bond acceptors (Lipinski definition) is 4. The average Bonchev–Trinajstić information content (AvgIpc) is 2.35. The standard InChI is InChI=1S/C11H12F2O5/c1-17-7-4-5(10(12)13)3-6(9(7)18-2)8(14)11(15)16/h3-4,8,10,14H,1-2H3,(H,15,16). The summed E-state index contributed by atoms with van der Waals surface area (Å²) in [5, 5.41) is 18.2. The molecule has 7 heteroatoms. The Labute approximate surface area is 102 Å². The second kappa shape index (κ2) is 5.63. The first-order chi connectivity index (χ1) is 8.42. The number of ether oxygens (including phenoxy) is 2. The fraction of sp³-hybridized carbons (Fsp3) is 0.364. The molecule has 0 aliphatic carbocycles. The fourth-order valence-corrected chi connectivity index (χ4v) is 1.48. The largest absolute Gasteiger partial charge is 0.493 e. The third-order valence-corrected chi connectivity index (χ3v) is 2.31. The molecule has 1 aromatic rings. The van der Waals surface area contributed by atoms with E-state index in [0.717, 1.165) is 12.1 Å². The molecule has 1 unspecified atom stereocenters. The number of carbonyl (C=O) groups is 1. The lowest BCUT2D eigenvalue weighted by Crippen LogP contribution is -2.13. The Kier molecular flexibility index (Phi) is 4.43. The van der Waals surface area contributed by atoms with E-state index in [4.69, 9.17) is 14.6 Å². The normalized spacial score (nSPS) is 12.3. The second-order valence-corrected chi connectivity index (χ2v) is 3.39. The second-order valence-electron chi connectivity index (χ2n) is 3.39. The first-order valence-electron chi connectivity index (χ1n) is 4.87. The Morgan fingerprint density at radius 3 is 2.28 bits per heavy atom. The van der Waals surface area contributed by atoms with E-state index in [2.05, 4.69) is 0 Å². The summed E-state index contributed by atoms with van der Waals surface area (Å²) in [6.45, 7) is 0. The van der Waals surface area contributed by atoms with Gasteiger partial charge in [0.25, 0.3) is 6.43 Å². The predicted molar refractivity (Wildman–Crippen MR) is 57.1 cm³/mol. The van der Waals surface area contributed by atoms with Gasteiger partial charge < -0.3 is 19.7 Å². The Morgan fingerprint density at radius 2 is 1.89 bits per heavy atom. The third-order valence-electron chi connectivity index (χ3n) is 2.31. The lowest BCUT2D eigenvalue weighted by Gasteiger charge is -2.16. The van der Waals surface area contributed by atoms with Gasteiger partial charge in [0.05, 0.1) is 14.2 Å². The molecule has 0 saturated heterocycles. The van der Waals surface area contributed by atoms with Gasteiger partial charge in [0.15, 0.2) is 17.6 Å². The van der Waals surface area contributed by atoms with Crippen LogP contribution in [-0.4, -0.2) is 30.4 Å². The fourth-order valence-electron chi connectivity index (χ4n) is 1.48. The minimum atomic E-state index is -2.82. The summed E-state index contributed by atoms with van der Waals surface area (Å²) in [6.07, 6.45) is -4.78. The van der Waals surface area contributed by atoms with Gasteiger partial charge in [-0.05, 0) is 12.1 Å². The van der Waals surface area contributed by atoms with Crippen molar-refractivity contribution >= 4 is 5.97 Å². The number of aliphatic hydroxyl groups excluding tert-OH is 1. The average molecular weight is 262 g/mol. The van der Waals surface area contributed by atoms with Crippen LogP contribution >= 0.6 is 0 Å². The number of carboxylic acids is 1. The molecule has 5 nitrogen and oxygen atoms in total. The molecule has 0 saturated carbocycles. The van der Waals surface area contributed by atoms with Crippen LogP contribution in [0.2, 0.25) is 0 Å². The molecule has 1 aromatic carbocycles. The third kappa shape index (κ3) is 2.67. The zero-order chi connectivity index (χ0) is 13.9. The summed E-state index contributed by atoms with van der Waals surface area (Å²) < 4.78 is 35.0. The molecule has 2 N–H and O–H groups in total. The highest BCUT2D eigenvalue weighted by molar-refractivity contribution is 5.76. The molecule has 0 aliphatic heterocycles. The van der Waals surface area contributed by atoms with Crippen LogP contribution in [0.5, 0.6) is 11.5 Å². The topological polar surface area (TPSA) is 76.0 Å². The van der Waals surface area contributed by atoms with E-state index in [-0.39, 0.29) is 17.1 Å². The zero-order valence-corrected chi connectivity index (χ0v) is 9.68. The summed E-state index contributed by atoms with van der Waals surface area (Å²) in [5.74, 6) is -1.72. The van der Waals surface area contributed by atoms with Crippen LogP contribution in [0.1, 0.15) is 23.7 Å². The van der Waals surface area contributed by atoms with Crippen LogP contribution < -0.4 is 9.47 Å².